The van der Waals surface area contributed by atoms with Gasteiger partial charge in [-0.05, 0) is 4.08 Å². The van der Waals surface area contributed by atoms with Crippen molar-refractivity contribution in [3.05, 3.63) is 12.7 Å². The molecular weight excluding hydrogens is 150 g/mol. The Hall–Kier alpha value is 0.0500. The predicted molar refractivity (Wildman–Crippen MR) is 30.7 cm³/mol. The summed E-state index contributed by atoms with van der Waals surface area (Å²) in [5.41, 5.74) is 0. The van der Waals surface area contributed by atoms with Crippen molar-refractivity contribution in [2.75, 3.05) is 6.61 Å². The van der Waals surface area contributed by atoms with Crippen molar-refractivity contribution in [2.45, 2.75) is 0 Å². The van der Waals surface area contributed by atoms with Gasteiger partial charge in [0.15, 0.2) is 0 Å². The first-order chi connectivity index (χ1) is 3.81. The molecule has 0 bridgehead atoms. The zero-order chi connectivity index (χ0) is 6.41. The lowest BCUT2D eigenvalue weighted by molar-refractivity contribution is 0.324. The fourth-order valence-electron chi connectivity index (χ4n) is 0.133. The Balaban J connectivity index is 3.11. The van der Waals surface area contributed by atoms with E-state index in [2.05, 4.69) is 27.0 Å². The van der Waals surface area contributed by atoms with E-state index in [1.165, 1.54) is 6.08 Å². The molecule has 0 spiro atoms. The van der Waals surface area contributed by atoms with Crippen molar-refractivity contribution in [3.8, 4) is 0 Å². The van der Waals surface area contributed by atoms with Crippen LogP contribution in [0.25, 0.3) is 0 Å². The van der Waals surface area contributed by atoms with Crippen molar-refractivity contribution in [1.29, 1.82) is 0 Å². The molecule has 0 aliphatic carbocycles. The van der Waals surface area contributed by atoms with Gasteiger partial charge in [-0.3, -0.25) is 0 Å². The quantitative estimate of drug-likeness (QED) is 0.460. The summed E-state index contributed by atoms with van der Waals surface area (Å²) in [6.07, 6.45) is 1.45. The average Bonchev–Trinajstić information content (AvgIpc) is 1.83. The second-order valence-corrected chi connectivity index (χ2v) is 2.13. The summed E-state index contributed by atoms with van der Waals surface area (Å²) in [5, 5.41) is 0. The maximum Gasteiger partial charge on any atom is 0.716 e. The first-order valence-corrected chi connectivity index (χ1v) is 3.21. The molecule has 8 heavy (non-hydrogen) atoms. The summed E-state index contributed by atoms with van der Waals surface area (Å²) >= 11 is 4.64. The van der Waals surface area contributed by atoms with Crippen molar-refractivity contribution < 1.29 is 13.2 Å². The maximum absolute atomic E-state index is 10.1. The molecule has 46 valence electrons. The first kappa shape index (κ1) is 8.05. The Bertz CT molecular complexity index is 94.5. The molecule has 5 heteroatoms. The van der Waals surface area contributed by atoms with Crippen LogP contribution < -0.4 is 0 Å². The zero-order valence-electron chi connectivity index (χ0n) is 4.04. The summed E-state index contributed by atoms with van der Waals surface area (Å²) < 4.78 is 18.2. The highest BCUT2D eigenvalue weighted by molar-refractivity contribution is 7.34. The van der Waals surface area contributed by atoms with Crippen molar-refractivity contribution in [3.63, 3.8) is 0 Å². The van der Waals surface area contributed by atoms with Gasteiger partial charge in [-0.2, -0.15) is 0 Å². The van der Waals surface area contributed by atoms with Crippen LogP contribution in [0.1, 0.15) is 0 Å². The van der Waals surface area contributed by atoms with Gasteiger partial charge in [0.05, 0.1) is 0 Å². The highest BCUT2D eigenvalue weighted by atomic mass is 35.5. The highest BCUT2D eigenvalue weighted by Gasteiger charge is 2.16. The van der Waals surface area contributed by atoms with E-state index in [9.17, 15) is 4.57 Å². The highest BCUT2D eigenvalue weighted by Crippen LogP contribution is 2.24. The zero-order valence-corrected chi connectivity index (χ0v) is 5.69. The second kappa shape index (κ2) is 5.19. The summed E-state index contributed by atoms with van der Waals surface area (Å²) in [6, 6.07) is 0. The van der Waals surface area contributed by atoms with E-state index < -0.39 is 8.25 Å². The van der Waals surface area contributed by atoms with Gasteiger partial charge in [0.2, 0.25) is 0 Å². The van der Waals surface area contributed by atoms with E-state index >= 15 is 0 Å². The van der Waals surface area contributed by atoms with E-state index in [4.69, 9.17) is 0 Å². The fraction of sp³-hybridized carbons (Fsp3) is 0.333. The molecule has 0 aliphatic heterocycles. The largest absolute Gasteiger partial charge is 0.716 e. The summed E-state index contributed by atoms with van der Waals surface area (Å²) in [5.74, 6) is 0. The van der Waals surface area contributed by atoms with Crippen LogP contribution in [0.5, 0.6) is 0 Å². The Morgan fingerprint density at radius 1 is 1.88 bits per heavy atom. The van der Waals surface area contributed by atoms with Crippen LogP contribution in [-0.4, -0.2) is 6.61 Å². The van der Waals surface area contributed by atoms with Crippen LogP contribution in [0.2, 0.25) is 0 Å². The Morgan fingerprint density at radius 2 is 2.50 bits per heavy atom. The fourth-order valence-corrected chi connectivity index (χ4v) is 0.520. The normalized spacial score (nSPS) is 10.9. The molecule has 1 unspecified atom stereocenters. The van der Waals surface area contributed by atoms with Crippen LogP contribution in [0.15, 0.2) is 12.7 Å². The van der Waals surface area contributed by atoms with Crippen molar-refractivity contribution >= 4 is 20.1 Å². The van der Waals surface area contributed by atoms with Crippen LogP contribution in [0, 0.1) is 0 Å². The van der Waals surface area contributed by atoms with Crippen molar-refractivity contribution in [1.82, 2.24) is 0 Å². The minimum absolute atomic E-state index is 0.182. The lowest BCUT2D eigenvalue weighted by Crippen LogP contribution is -1.76. The van der Waals surface area contributed by atoms with Gasteiger partial charge in [0, 0.05) is 4.57 Å². The van der Waals surface area contributed by atoms with E-state index in [-0.39, 0.29) is 6.61 Å². The molecule has 0 aliphatic rings. The standard InChI is InChI=1S/C3H5ClO3P/c1-2-3-6-8(5)7-4/h2H,1,3H2/q+1. The third-order valence-corrected chi connectivity index (χ3v) is 1.16. The molecule has 3 nitrogen and oxygen atoms in total. The molecule has 0 aromatic carbocycles. The third-order valence-electron chi connectivity index (χ3n) is 0.354. The summed E-state index contributed by atoms with van der Waals surface area (Å²) in [7, 11) is -2.14. The molecule has 0 aromatic rings. The lowest BCUT2D eigenvalue weighted by Gasteiger charge is -1.74. The number of hydrogen-bond donors (Lipinski definition) is 0. The smallest absolute Gasteiger partial charge is 0.114 e. The van der Waals surface area contributed by atoms with Gasteiger partial charge in [-0.25, -0.2) is 0 Å². The maximum atomic E-state index is 10.1. The molecule has 0 radical (unpaired) electrons. The number of hydrogen-bond acceptors (Lipinski definition) is 3. The van der Waals surface area contributed by atoms with Crippen LogP contribution >= 0.6 is 20.1 Å². The molecule has 1 atom stereocenters. The lowest BCUT2D eigenvalue weighted by atomic mass is 10.7. The molecule has 0 N–H and O–H groups in total. The molecule has 0 heterocycles. The predicted octanol–water partition coefficient (Wildman–Crippen LogP) is 2.02. The van der Waals surface area contributed by atoms with E-state index in [1.807, 2.05) is 0 Å². The van der Waals surface area contributed by atoms with Gasteiger partial charge in [0.1, 0.15) is 18.5 Å². The third kappa shape index (κ3) is 4.22. The van der Waals surface area contributed by atoms with Gasteiger partial charge < -0.3 is 0 Å². The Kier molecular flexibility index (Phi) is 5.22. The minimum atomic E-state index is -2.14. The van der Waals surface area contributed by atoms with Gasteiger partial charge in [-0.15, -0.1) is 11.1 Å². The van der Waals surface area contributed by atoms with Crippen LogP contribution in [0.4, 0.5) is 0 Å². The van der Waals surface area contributed by atoms with E-state index in [0.717, 1.165) is 0 Å². The molecule has 0 saturated heterocycles. The van der Waals surface area contributed by atoms with E-state index in [0.29, 0.717) is 0 Å². The molecule has 0 rings (SSSR count). The van der Waals surface area contributed by atoms with Gasteiger partial charge in [-0.1, -0.05) is 6.08 Å². The van der Waals surface area contributed by atoms with E-state index in [1.54, 1.807) is 0 Å². The second-order valence-electron chi connectivity index (χ2n) is 0.877. The van der Waals surface area contributed by atoms with Crippen LogP contribution in [0.3, 0.4) is 0 Å². The molecule has 0 amide bonds. The minimum Gasteiger partial charge on any atom is -0.114 e. The number of halogens is 1. The average molecular weight is 155 g/mol. The topological polar surface area (TPSA) is 35.5 Å². The summed E-state index contributed by atoms with van der Waals surface area (Å²) in [4.78, 5) is 0. The van der Waals surface area contributed by atoms with Gasteiger partial charge in [0.25, 0.3) is 0 Å². The Morgan fingerprint density at radius 3 is 2.88 bits per heavy atom. The van der Waals surface area contributed by atoms with Crippen LogP contribution in [-0.2, 0) is 13.2 Å². The van der Waals surface area contributed by atoms with Gasteiger partial charge >= 0.3 is 8.25 Å². The molecule has 0 fully saturated rings. The molecule has 0 saturated carbocycles. The summed E-state index contributed by atoms with van der Waals surface area (Å²) in [6.45, 7) is 3.50. The Labute approximate surface area is 53.4 Å². The number of rotatable bonds is 4. The monoisotopic (exact) mass is 155 g/mol. The van der Waals surface area contributed by atoms with Crippen molar-refractivity contribution in [2.24, 2.45) is 0 Å². The molecular formula is C3H5ClO3P+. The molecule has 0 aromatic heterocycles. The first-order valence-electron chi connectivity index (χ1n) is 1.81. The SMILES string of the molecule is C=CCO[P+](=O)OCl.